The lowest BCUT2D eigenvalue weighted by molar-refractivity contribution is 0.0438. The molecule has 0 unspecified atom stereocenters. The van der Waals surface area contributed by atoms with Crippen LogP contribution in [0.1, 0.15) is 16.2 Å². The predicted molar refractivity (Wildman–Crippen MR) is 86.4 cm³/mol. The summed E-state index contributed by atoms with van der Waals surface area (Å²) in [6.45, 7) is 0.0111. The number of nitrogens with zero attached hydrogens (tertiary/aromatic N) is 2. The number of carbonyl (C=O) groups is 1. The maximum absolute atomic E-state index is 12.1. The number of hydrogen-bond acceptors (Lipinski definition) is 7. The van der Waals surface area contributed by atoms with Gasteiger partial charge in [0.15, 0.2) is 18.1 Å². The molecule has 0 aliphatic carbocycles. The van der Waals surface area contributed by atoms with Gasteiger partial charge in [-0.05, 0) is 42.5 Å². The summed E-state index contributed by atoms with van der Waals surface area (Å²) >= 11 is 5.84. The normalized spacial score (nSPS) is 12.2. The molecule has 126 valence electrons. The molecule has 8 heteroatoms. The number of fused-ring (bicyclic) bond motifs is 1. The van der Waals surface area contributed by atoms with Crippen molar-refractivity contribution in [2.75, 3.05) is 6.79 Å². The van der Waals surface area contributed by atoms with E-state index in [1.165, 1.54) is 0 Å². The molecule has 0 atom stereocenters. The van der Waals surface area contributed by atoms with E-state index in [9.17, 15) is 4.79 Å². The minimum Gasteiger partial charge on any atom is -0.454 e. The fourth-order valence-corrected chi connectivity index (χ4v) is 2.38. The largest absolute Gasteiger partial charge is 0.454 e. The summed E-state index contributed by atoms with van der Waals surface area (Å²) in [5.41, 5.74) is 1.08. The van der Waals surface area contributed by atoms with Gasteiger partial charge in [-0.3, -0.25) is 0 Å². The standard InChI is InChI=1S/C17H11ClN2O5/c18-12-4-1-10(2-5-12)16-20-19-15(25-16)8-22-17(21)11-3-6-13-14(7-11)24-9-23-13/h1-7H,8-9H2. The highest BCUT2D eigenvalue weighted by Gasteiger charge is 2.18. The first-order chi connectivity index (χ1) is 12.2. The van der Waals surface area contributed by atoms with Crippen LogP contribution >= 0.6 is 11.6 Å². The van der Waals surface area contributed by atoms with Crippen LogP contribution < -0.4 is 9.47 Å². The summed E-state index contributed by atoms with van der Waals surface area (Å²) in [6, 6.07) is 11.8. The van der Waals surface area contributed by atoms with E-state index in [2.05, 4.69) is 10.2 Å². The Bertz CT molecular complexity index is 923. The molecule has 0 saturated carbocycles. The Morgan fingerprint density at radius 1 is 1.08 bits per heavy atom. The Morgan fingerprint density at radius 3 is 2.72 bits per heavy atom. The molecule has 1 aliphatic rings. The van der Waals surface area contributed by atoms with Crippen LogP contribution in [0, 0.1) is 0 Å². The quantitative estimate of drug-likeness (QED) is 0.660. The first-order valence-electron chi connectivity index (χ1n) is 7.34. The first-order valence-corrected chi connectivity index (χ1v) is 7.72. The molecule has 2 aromatic carbocycles. The molecular weight excluding hydrogens is 348 g/mol. The maximum atomic E-state index is 12.1. The number of ether oxygens (including phenoxy) is 3. The van der Waals surface area contributed by atoms with Crippen molar-refractivity contribution in [1.29, 1.82) is 0 Å². The molecule has 0 radical (unpaired) electrons. The number of rotatable bonds is 4. The predicted octanol–water partition coefficient (Wildman–Crippen LogP) is 3.48. The molecular formula is C17H11ClN2O5. The lowest BCUT2D eigenvalue weighted by atomic mass is 10.2. The third kappa shape index (κ3) is 3.27. The molecule has 25 heavy (non-hydrogen) atoms. The summed E-state index contributed by atoms with van der Waals surface area (Å²) in [7, 11) is 0. The minimum atomic E-state index is -0.524. The van der Waals surface area contributed by atoms with Crippen LogP contribution in [-0.4, -0.2) is 23.0 Å². The fraction of sp³-hybridized carbons (Fsp3) is 0.118. The monoisotopic (exact) mass is 358 g/mol. The zero-order chi connectivity index (χ0) is 17.2. The number of aromatic nitrogens is 2. The first kappa shape index (κ1) is 15.5. The van der Waals surface area contributed by atoms with Gasteiger partial charge < -0.3 is 18.6 Å². The number of hydrogen-bond donors (Lipinski definition) is 0. The molecule has 0 amide bonds. The van der Waals surface area contributed by atoms with Gasteiger partial charge in [0, 0.05) is 10.6 Å². The Morgan fingerprint density at radius 2 is 1.88 bits per heavy atom. The Labute approximate surface area is 147 Å². The summed E-state index contributed by atoms with van der Waals surface area (Å²) in [5, 5.41) is 8.41. The van der Waals surface area contributed by atoms with Crippen molar-refractivity contribution in [2.24, 2.45) is 0 Å². The minimum absolute atomic E-state index is 0.131. The van der Waals surface area contributed by atoms with E-state index >= 15 is 0 Å². The topological polar surface area (TPSA) is 83.7 Å². The Kier molecular flexibility index (Phi) is 3.99. The lowest BCUT2D eigenvalue weighted by Crippen LogP contribution is -2.05. The SMILES string of the molecule is O=C(OCc1nnc(-c2ccc(Cl)cc2)o1)c1ccc2c(c1)OCO2. The van der Waals surface area contributed by atoms with E-state index in [4.69, 9.17) is 30.2 Å². The molecule has 0 saturated heterocycles. The van der Waals surface area contributed by atoms with E-state index in [1.54, 1.807) is 42.5 Å². The summed E-state index contributed by atoms with van der Waals surface area (Å²) < 4.78 is 21.1. The molecule has 7 nitrogen and oxygen atoms in total. The maximum Gasteiger partial charge on any atom is 0.338 e. The molecule has 1 aromatic heterocycles. The molecule has 2 heterocycles. The Balaban J connectivity index is 1.41. The van der Waals surface area contributed by atoms with Gasteiger partial charge in [0.1, 0.15) is 0 Å². The van der Waals surface area contributed by atoms with E-state index in [0.29, 0.717) is 28.0 Å². The van der Waals surface area contributed by atoms with Crippen molar-refractivity contribution in [2.45, 2.75) is 6.61 Å². The molecule has 1 aliphatic heterocycles. The summed E-state index contributed by atoms with van der Waals surface area (Å²) in [4.78, 5) is 12.1. The second-order valence-electron chi connectivity index (χ2n) is 5.15. The lowest BCUT2D eigenvalue weighted by Gasteiger charge is -2.03. The van der Waals surface area contributed by atoms with Crippen molar-refractivity contribution in [3.05, 3.63) is 58.9 Å². The highest BCUT2D eigenvalue weighted by atomic mass is 35.5. The second-order valence-corrected chi connectivity index (χ2v) is 5.59. The van der Waals surface area contributed by atoms with Crippen molar-refractivity contribution in [1.82, 2.24) is 10.2 Å². The van der Waals surface area contributed by atoms with Gasteiger partial charge in [-0.15, -0.1) is 10.2 Å². The van der Waals surface area contributed by atoms with Crippen molar-refractivity contribution in [3.63, 3.8) is 0 Å². The van der Waals surface area contributed by atoms with Gasteiger partial charge in [-0.2, -0.15) is 0 Å². The molecule has 4 rings (SSSR count). The zero-order valence-corrected chi connectivity index (χ0v) is 13.5. The fourth-order valence-electron chi connectivity index (χ4n) is 2.26. The molecule has 0 spiro atoms. The number of carbonyl (C=O) groups excluding carboxylic acids is 1. The zero-order valence-electron chi connectivity index (χ0n) is 12.8. The second kappa shape index (κ2) is 6.45. The third-order valence-electron chi connectivity index (χ3n) is 3.49. The smallest absolute Gasteiger partial charge is 0.338 e. The number of benzene rings is 2. The third-order valence-corrected chi connectivity index (χ3v) is 3.75. The van der Waals surface area contributed by atoms with Crippen LogP contribution in [0.25, 0.3) is 11.5 Å². The van der Waals surface area contributed by atoms with E-state index < -0.39 is 5.97 Å². The molecule has 0 N–H and O–H groups in total. The van der Waals surface area contributed by atoms with Gasteiger partial charge in [0.05, 0.1) is 5.56 Å². The molecule has 0 fully saturated rings. The van der Waals surface area contributed by atoms with Gasteiger partial charge in [0.25, 0.3) is 5.89 Å². The van der Waals surface area contributed by atoms with Crippen LogP contribution in [0.5, 0.6) is 11.5 Å². The van der Waals surface area contributed by atoms with Gasteiger partial charge >= 0.3 is 5.97 Å². The van der Waals surface area contributed by atoms with Crippen LogP contribution in [-0.2, 0) is 11.3 Å². The van der Waals surface area contributed by atoms with Crippen LogP contribution in [0.4, 0.5) is 0 Å². The van der Waals surface area contributed by atoms with Gasteiger partial charge in [-0.1, -0.05) is 11.6 Å². The van der Waals surface area contributed by atoms with E-state index in [-0.39, 0.29) is 19.3 Å². The van der Waals surface area contributed by atoms with E-state index in [0.717, 1.165) is 5.56 Å². The number of halogens is 1. The highest BCUT2D eigenvalue weighted by Crippen LogP contribution is 2.32. The van der Waals surface area contributed by atoms with Crippen molar-refractivity contribution < 1.29 is 23.4 Å². The van der Waals surface area contributed by atoms with Crippen LogP contribution in [0.2, 0.25) is 5.02 Å². The summed E-state index contributed by atoms with van der Waals surface area (Å²) in [5.74, 6) is 1.10. The average molecular weight is 359 g/mol. The van der Waals surface area contributed by atoms with Crippen molar-refractivity contribution >= 4 is 17.6 Å². The van der Waals surface area contributed by atoms with Crippen molar-refractivity contribution in [3.8, 4) is 23.0 Å². The van der Waals surface area contributed by atoms with E-state index in [1.807, 2.05) is 0 Å². The summed E-state index contributed by atoms with van der Waals surface area (Å²) in [6.07, 6.45) is 0. The van der Waals surface area contributed by atoms with Gasteiger partial charge in [-0.25, -0.2) is 4.79 Å². The average Bonchev–Trinajstić information content (AvgIpc) is 3.29. The molecule has 3 aromatic rings. The van der Waals surface area contributed by atoms with Gasteiger partial charge in [0.2, 0.25) is 12.7 Å². The Hall–Kier alpha value is -3.06. The number of esters is 1. The van der Waals surface area contributed by atoms with Crippen LogP contribution in [0.3, 0.4) is 0 Å². The molecule has 0 bridgehead atoms. The van der Waals surface area contributed by atoms with Crippen LogP contribution in [0.15, 0.2) is 46.9 Å². The highest BCUT2D eigenvalue weighted by molar-refractivity contribution is 6.30.